The molecule has 2 heterocycles. The molecule has 1 aromatic carbocycles. The largest absolute Gasteiger partial charge is 0.497 e. The van der Waals surface area contributed by atoms with Crippen molar-refractivity contribution in [3.05, 3.63) is 40.5 Å². The Morgan fingerprint density at radius 2 is 2.00 bits per heavy atom. The Hall–Kier alpha value is -2.67. The van der Waals surface area contributed by atoms with E-state index in [1.165, 1.54) is 10.4 Å². The predicted molar refractivity (Wildman–Crippen MR) is 97.7 cm³/mol. The van der Waals surface area contributed by atoms with Gasteiger partial charge < -0.3 is 9.47 Å². The molecule has 3 rings (SSSR count). The second-order valence-electron chi connectivity index (χ2n) is 5.16. The summed E-state index contributed by atoms with van der Waals surface area (Å²) in [5, 5.41) is 5.31. The maximum absolute atomic E-state index is 5.36. The minimum absolute atomic E-state index is 0.690. The molecular formula is C17H18N4O2S. The standard InChI is InChI=1S/C17H18N4O2S/c1-10-11(2)24-17-15(10)16(18-9-19-17)21-20-8-12-5-6-13(22-3)7-14(12)23-4/h5-9H,1-4H3,(H,18,19,21)/b20-8-. The molecule has 0 atom stereocenters. The first kappa shape index (κ1) is 16.2. The molecule has 0 aliphatic heterocycles. The number of hydrogen-bond donors (Lipinski definition) is 1. The molecule has 0 fully saturated rings. The van der Waals surface area contributed by atoms with Crippen molar-refractivity contribution >= 4 is 33.6 Å². The topological polar surface area (TPSA) is 68.6 Å². The predicted octanol–water partition coefficient (Wildman–Crippen LogP) is 3.77. The van der Waals surface area contributed by atoms with Crippen LogP contribution in [-0.4, -0.2) is 30.4 Å². The summed E-state index contributed by atoms with van der Waals surface area (Å²) in [4.78, 5) is 10.8. The molecule has 0 unspecified atom stereocenters. The van der Waals surface area contributed by atoms with Gasteiger partial charge in [0.15, 0.2) is 5.82 Å². The SMILES string of the molecule is COc1ccc(/C=N\Nc2ncnc3sc(C)c(C)c23)c(OC)c1. The minimum atomic E-state index is 0.690. The van der Waals surface area contributed by atoms with Gasteiger partial charge in [-0.2, -0.15) is 5.10 Å². The highest BCUT2D eigenvalue weighted by atomic mass is 32.1. The summed E-state index contributed by atoms with van der Waals surface area (Å²) in [6, 6.07) is 5.56. The first-order chi connectivity index (χ1) is 11.6. The number of aromatic nitrogens is 2. The zero-order valence-electron chi connectivity index (χ0n) is 14.0. The van der Waals surface area contributed by atoms with Crippen LogP contribution in [0.3, 0.4) is 0 Å². The average Bonchev–Trinajstić information content (AvgIpc) is 2.90. The summed E-state index contributed by atoms with van der Waals surface area (Å²) in [6.45, 7) is 4.15. The van der Waals surface area contributed by atoms with Gasteiger partial charge in [-0.25, -0.2) is 9.97 Å². The highest BCUT2D eigenvalue weighted by molar-refractivity contribution is 7.18. The van der Waals surface area contributed by atoms with Crippen molar-refractivity contribution in [2.45, 2.75) is 13.8 Å². The van der Waals surface area contributed by atoms with Gasteiger partial charge in [0.1, 0.15) is 22.7 Å². The van der Waals surface area contributed by atoms with Crippen LogP contribution in [0.25, 0.3) is 10.2 Å². The molecule has 0 aliphatic carbocycles. The quantitative estimate of drug-likeness (QED) is 0.564. The van der Waals surface area contributed by atoms with E-state index in [2.05, 4.69) is 34.3 Å². The molecule has 0 saturated carbocycles. The van der Waals surface area contributed by atoms with Crippen molar-refractivity contribution in [3.8, 4) is 11.5 Å². The maximum Gasteiger partial charge on any atom is 0.158 e. The van der Waals surface area contributed by atoms with Gasteiger partial charge in [-0.15, -0.1) is 11.3 Å². The van der Waals surface area contributed by atoms with Crippen LogP contribution in [0.1, 0.15) is 16.0 Å². The number of rotatable bonds is 5. The molecule has 0 saturated heterocycles. The average molecular weight is 342 g/mol. The molecule has 24 heavy (non-hydrogen) atoms. The first-order valence-electron chi connectivity index (χ1n) is 7.36. The van der Waals surface area contributed by atoms with Crippen molar-refractivity contribution in [2.75, 3.05) is 19.6 Å². The Balaban J connectivity index is 1.87. The molecule has 0 spiro atoms. The Morgan fingerprint density at radius 1 is 1.17 bits per heavy atom. The lowest BCUT2D eigenvalue weighted by Gasteiger charge is -2.07. The van der Waals surface area contributed by atoms with E-state index in [0.29, 0.717) is 11.6 Å². The van der Waals surface area contributed by atoms with Crippen molar-refractivity contribution in [1.29, 1.82) is 0 Å². The third-order valence-electron chi connectivity index (χ3n) is 3.78. The number of aryl methyl sites for hydroxylation is 2. The van der Waals surface area contributed by atoms with Crippen molar-refractivity contribution in [2.24, 2.45) is 5.10 Å². The molecule has 0 bridgehead atoms. The van der Waals surface area contributed by atoms with Crippen LogP contribution >= 0.6 is 11.3 Å². The van der Waals surface area contributed by atoms with E-state index in [9.17, 15) is 0 Å². The van der Waals surface area contributed by atoms with Gasteiger partial charge in [0.05, 0.1) is 25.8 Å². The summed E-state index contributed by atoms with van der Waals surface area (Å²) >= 11 is 1.66. The lowest BCUT2D eigenvalue weighted by molar-refractivity contribution is 0.394. The minimum Gasteiger partial charge on any atom is -0.497 e. The van der Waals surface area contributed by atoms with Crippen molar-refractivity contribution in [3.63, 3.8) is 0 Å². The van der Waals surface area contributed by atoms with E-state index in [0.717, 1.165) is 21.5 Å². The van der Waals surface area contributed by atoms with Crippen molar-refractivity contribution in [1.82, 2.24) is 9.97 Å². The van der Waals surface area contributed by atoms with Gasteiger partial charge in [-0.3, -0.25) is 5.43 Å². The van der Waals surface area contributed by atoms with Gasteiger partial charge in [-0.1, -0.05) is 0 Å². The van der Waals surface area contributed by atoms with Crippen LogP contribution in [-0.2, 0) is 0 Å². The number of hydrogen-bond acceptors (Lipinski definition) is 7. The van der Waals surface area contributed by atoms with Crippen LogP contribution < -0.4 is 14.9 Å². The van der Waals surface area contributed by atoms with E-state index in [1.54, 1.807) is 38.1 Å². The van der Waals surface area contributed by atoms with Crippen LogP contribution in [0, 0.1) is 13.8 Å². The molecule has 124 valence electrons. The lowest BCUT2D eigenvalue weighted by Crippen LogP contribution is -1.97. The summed E-state index contributed by atoms with van der Waals surface area (Å²) in [7, 11) is 3.24. The molecule has 2 aromatic heterocycles. The van der Waals surface area contributed by atoms with Gasteiger partial charge >= 0.3 is 0 Å². The van der Waals surface area contributed by atoms with E-state index < -0.39 is 0 Å². The summed E-state index contributed by atoms with van der Waals surface area (Å²) in [5.41, 5.74) is 5.03. The third kappa shape index (κ3) is 3.03. The first-order valence-corrected chi connectivity index (χ1v) is 8.17. The second kappa shape index (κ2) is 6.84. The smallest absolute Gasteiger partial charge is 0.158 e. The van der Waals surface area contributed by atoms with E-state index in [4.69, 9.17) is 9.47 Å². The number of hydrazone groups is 1. The van der Waals surface area contributed by atoms with Gasteiger partial charge in [-0.05, 0) is 31.5 Å². The van der Waals surface area contributed by atoms with Crippen LogP contribution in [0.5, 0.6) is 11.5 Å². The highest BCUT2D eigenvalue weighted by Crippen LogP contribution is 2.32. The number of benzene rings is 1. The fraction of sp³-hybridized carbons (Fsp3) is 0.235. The second-order valence-corrected chi connectivity index (χ2v) is 6.37. The Morgan fingerprint density at radius 3 is 2.75 bits per heavy atom. The Labute approximate surface area is 144 Å². The normalized spacial score (nSPS) is 11.2. The molecule has 0 aliphatic rings. The zero-order valence-corrected chi connectivity index (χ0v) is 14.8. The molecular weight excluding hydrogens is 324 g/mol. The third-order valence-corrected chi connectivity index (χ3v) is 4.90. The number of methoxy groups -OCH3 is 2. The highest BCUT2D eigenvalue weighted by Gasteiger charge is 2.11. The Kier molecular flexibility index (Phi) is 4.61. The number of thiophene rings is 1. The van der Waals surface area contributed by atoms with Gasteiger partial charge in [0, 0.05) is 16.5 Å². The maximum atomic E-state index is 5.36. The van der Waals surface area contributed by atoms with E-state index in [-0.39, 0.29) is 0 Å². The molecule has 6 nitrogen and oxygen atoms in total. The zero-order chi connectivity index (χ0) is 17.1. The molecule has 0 radical (unpaired) electrons. The summed E-state index contributed by atoms with van der Waals surface area (Å²) in [6.07, 6.45) is 3.24. The Bertz CT molecular complexity index is 905. The molecule has 7 heteroatoms. The number of fused-ring (bicyclic) bond motifs is 1. The monoisotopic (exact) mass is 342 g/mol. The number of anilines is 1. The molecule has 0 amide bonds. The molecule has 3 aromatic rings. The van der Waals surface area contributed by atoms with Crippen LogP contribution in [0.15, 0.2) is 29.6 Å². The van der Waals surface area contributed by atoms with Crippen molar-refractivity contribution < 1.29 is 9.47 Å². The summed E-state index contributed by atoms with van der Waals surface area (Å²) < 4.78 is 10.6. The fourth-order valence-corrected chi connectivity index (χ4v) is 3.35. The van der Waals surface area contributed by atoms with E-state index >= 15 is 0 Å². The number of nitrogens with zero attached hydrogens (tertiary/aromatic N) is 3. The number of ether oxygens (including phenoxy) is 2. The van der Waals surface area contributed by atoms with E-state index in [1.807, 2.05) is 18.2 Å². The van der Waals surface area contributed by atoms with Crippen LogP contribution in [0.2, 0.25) is 0 Å². The van der Waals surface area contributed by atoms with Gasteiger partial charge in [0.2, 0.25) is 0 Å². The van der Waals surface area contributed by atoms with Crippen LogP contribution in [0.4, 0.5) is 5.82 Å². The number of nitrogens with one attached hydrogen (secondary N) is 1. The van der Waals surface area contributed by atoms with Gasteiger partial charge in [0.25, 0.3) is 0 Å². The summed E-state index contributed by atoms with van der Waals surface area (Å²) in [5.74, 6) is 2.12. The fourth-order valence-electron chi connectivity index (χ4n) is 2.36. The molecule has 1 N–H and O–H groups in total. The lowest BCUT2D eigenvalue weighted by atomic mass is 10.2.